The fraction of sp³-hybridized carbons (Fsp3) is 0.348. The van der Waals surface area contributed by atoms with Gasteiger partial charge in [0.15, 0.2) is 6.61 Å². The molecule has 0 saturated heterocycles. The fourth-order valence-corrected chi connectivity index (χ4v) is 3.61. The van der Waals surface area contributed by atoms with E-state index in [2.05, 4.69) is 0 Å². The van der Waals surface area contributed by atoms with Crippen molar-refractivity contribution in [2.45, 2.75) is 39.8 Å². The van der Waals surface area contributed by atoms with E-state index < -0.39 is 0 Å². The van der Waals surface area contributed by atoms with Gasteiger partial charge in [0.1, 0.15) is 11.6 Å². The number of ether oxygens (including phenoxy) is 1. The molecule has 1 unspecified atom stereocenters. The molecule has 0 saturated carbocycles. The molecule has 158 valence electrons. The topological polar surface area (TPSA) is 64.4 Å². The van der Waals surface area contributed by atoms with Crippen LogP contribution in [0.3, 0.4) is 0 Å². The molecule has 0 N–H and O–H groups in total. The van der Waals surface area contributed by atoms with Gasteiger partial charge >= 0.3 is 0 Å². The summed E-state index contributed by atoms with van der Waals surface area (Å²) in [5.41, 5.74) is 0.543. The maximum absolute atomic E-state index is 13.0. The Morgan fingerprint density at radius 2 is 1.87 bits per heavy atom. The highest BCUT2D eigenvalue weighted by atomic mass is 35.5. The minimum atomic E-state index is -0.372. The maximum atomic E-state index is 13.0. The monoisotopic (exact) mass is 427 g/mol. The van der Waals surface area contributed by atoms with Crippen molar-refractivity contribution in [3.63, 3.8) is 0 Å². The van der Waals surface area contributed by atoms with E-state index in [0.717, 1.165) is 6.42 Å². The Bertz CT molecular complexity index is 1080. The van der Waals surface area contributed by atoms with Crippen LogP contribution in [0.25, 0.3) is 10.9 Å². The molecule has 1 atom stereocenters. The highest BCUT2D eigenvalue weighted by molar-refractivity contribution is 6.30. The Hall–Kier alpha value is -2.86. The van der Waals surface area contributed by atoms with Gasteiger partial charge in [-0.15, -0.1) is 0 Å². The van der Waals surface area contributed by atoms with Crippen molar-refractivity contribution >= 4 is 28.4 Å². The van der Waals surface area contributed by atoms with Crippen molar-refractivity contribution in [1.29, 1.82) is 0 Å². The summed E-state index contributed by atoms with van der Waals surface area (Å²) in [4.78, 5) is 32.4. The zero-order chi connectivity index (χ0) is 21.7. The summed E-state index contributed by atoms with van der Waals surface area (Å²) in [5, 5.41) is 1.18. The summed E-state index contributed by atoms with van der Waals surface area (Å²) < 4.78 is 7.29. The van der Waals surface area contributed by atoms with E-state index >= 15 is 0 Å². The number of para-hydroxylation sites is 1. The smallest absolute Gasteiger partial charge is 0.261 e. The number of carbonyl (C=O) groups excluding carboxylic acids is 1. The molecule has 6 nitrogen and oxygen atoms in total. The van der Waals surface area contributed by atoms with Gasteiger partial charge in [0.2, 0.25) is 0 Å². The van der Waals surface area contributed by atoms with Gasteiger partial charge in [-0.1, -0.05) is 30.7 Å². The van der Waals surface area contributed by atoms with Crippen molar-refractivity contribution < 1.29 is 9.53 Å². The lowest BCUT2D eigenvalue weighted by Crippen LogP contribution is -2.40. The molecule has 0 spiro atoms. The van der Waals surface area contributed by atoms with Crippen LogP contribution in [-0.2, 0) is 11.3 Å². The molecular weight excluding hydrogens is 402 g/mol. The van der Waals surface area contributed by atoms with Crippen LogP contribution < -0.4 is 10.3 Å². The van der Waals surface area contributed by atoms with Gasteiger partial charge in [-0.05, 0) is 56.7 Å². The summed E-state index contributed by atoms with van der Waals surface area (Å²) >= 11 is 5.89. The summed E-state index contributed by atoms with van der Waals surface area (Å²) in [7, 11) is 0. The van der Waals surface area contributed by atoms with Crippen LogP contribution in [0.5, 0.6) is 5.75 Å². The third kappa shape index (κ3) is 4.65. The largest absolute Gasteiger partial charge is 0.484 e. The predicted octanol–water partition coefficient (Wildman–Crippen LogP) is 4.45. The Labute approximate surface area is 181 Å². The molecule has 3 aromatic rings. The van der Waals surface area contributed by atoms with E-state index in [1.54, 1.807) is 39.8 Å². The number of nitrogens with zero attached hydrogens (tertiary/aromatic N) is 3. The summed E-state index contributed by atoms with van der Waals surface area (Å²) in [6.45, 7) is 6.73. The van der Waals surface area contributed by atoms with Gasteiger partial charge < -0.3 is 9.64 Å². The van der Waals surface area contributed by atoms with Crippen molar-refractivity contribution in [3.8, 4) is 5.75 Å². The normalized spacial score (nSPS) is 12.0. The SMILES string of the molecule is CCCN(C(=O)COc1ccc(Cl)cc1)C(C)c1nc2ccccc2c(=O)n1CC. The number of hydrogen-bond donors (Lipinski definition) is 0. The molecule has 30 heavy (non-hydrogen) atoms. The first-order valence-corrected chi connectivity index (χ1v) is 10.5. The number of amides is 1. The lowest BCUT2D eigenvalue weighted by Gasteiger charge is -2.30. The third-order valence-corrected chi connectivity index (χ3v) is 5.26. The molecule has 0 radical (unpaired) electrons. The lowest BCUT2D eigenvalue weighted by atomic mass is 10.2. The van der Waals surface area contributed by atoms with Crippen LogP contribution >= 0.6 is 11.6 Å². The zero-order valence-corrected chi connectivity index (χ0v) is 18.2. The summed E-state index contributed by atoms with van der Waals surface area (Å²) in [6.07, 6.45) is 0.779. The van der Waals surface area contributed by atoms with Gasteiger partial charge in [-0.25, -0.2) is 4.98 Å². The molecule has 7 heteroatoms. The average Bonchev–Trinajstić information content (AvgIpc) is 2.76. The van der Waals surface area contributed by atoms with Crippen molar-refractivity contribution in [1.82, 2.24) is 14.5 Å². The Kier molecular flexibility index (Phi) is 7.11. The van der Waals surface area contributed by atoms with Crippen LogP contribution in [0, 0.1) is 0 Å². The van der Waals surface area contributed by atoms with Crippen LogP contribution in [0.1, 0.15) is 39.1 Å². The molecule has 0 aliphatic carbocycles. The molecule has 1 heterocycles. The summed E-state index contributed by atoms with van der Waals surface area (Å²) in [5.74, 6) is 0.991. The third-order valence-electron chi connectivity index (χ3n) is 5.01. The lowest BCUT2D eigenvalue weighted by molar-refractivity contribution is -0.135. The quantitative estimate of drug-likeness (QED) is 0.532. The second kappa shape index (κ2) is 9.76. The first-order valence-electron chi connectivity index (χ1n) is 10.1. The minimum absolute atomic E-state index is 0.0914. The van der Waals surface area contributed by atoms with E-state index in [1.165, 1.54) is 0 Å². The van der Waals surface area contributed by atoms with E-state index in [-0.39, 0.29) is 24.1 Å². The molecule has 0 bridgehead atoms. The van der Waals surface area contributed by atoms with Gasteiger partial charge in [-0.2, -0.15) is 0 Å². The average molecular weight is 428 g/mol. The molecule has 0 fully saturated rings. The van der Waals surface area contributed by atoms with Gasteiger partial charge in [0, 0.05) is 18.1 Å². The molecular formula is C23H26ClN3O3. The number of carbonyl (C=O) groups is 1. The van der Waals surface area contributed by atoms with Crippen LogP contribution in [0.15, 0.2) is 53.3 Å². The van der Waals surface area contributed by atoms with E-state index in [0.29, 0.717) is 40.6 Å². The van der Waals surface area contributed by atoms with Crippen LogP contribution in [0.2, 0.25) is 5.02 Å². The molecule has 1 amide bonds. The first kappa shape index (κ1) is 21.8. The Morgan fingerprint density at radius 3 is 2.53 bits per heavy atom. The van der Waals surface area contributed by atoms with E-state index in [4.69, 9.17) is 21.3 Å². The highest BCUT2D eigenvalue weighted by Gasteiger charge is 2.25. The minimum Gasteiger partial charge on any atom is -0.484 e. The maximum Gasteiger partial charge on any atom is 0.261 e. The Morgan fingerprint density at radius 1 is 1.17 bits per heavy atom. The van der Waals surface area contributed by atoms with Crippen molar-refractivity contribution in [2.75, 3.05) is 13.2 Å². The highest BCUT2D eigenvalue weighted by Crippen LogP contribution is 2.21. The zero-order valence-electron chi connectivity index (χ0n) is 17.5. The van der Waals surface area contributed by atoms with Crippen LogP contribution in [-0.4, -0.2) is 33.5 Å². The molecule has 0 aliphatic heterocycles. The second-order valence-corrected chi connectivity index (χ2v) is 7.48. The van der Waals surface area contributed by atoms with Crippen molar-refractivity contribution in [3.05, 3.63) is 69.7 Å². The molecule has 1 aromatic heterocycles. The Balaban J connectivity index is 1.89. The fourth-order valence-electron chi connectivity index (χ4n) is 3.48. The number of fused-ring (bicyclic) bond motifs is 1. The number of halogens is 1. The van der Waals surface area contributed by atoms with Crippen LogP contribution in [0.4, 0.5) is 0 Å². The predicted molar refractivity (Wildman–Crippen MR) is 119 cm³/mol. The standard InChI is InChI=1S/C23H26ClN3O3/c1-4-14-27(21(28)15-30-18-12-10-17(24)11-13-18)16(3)22-25-20-9-7-6-8-19(20)23(29)26(22)5-2/h6-13,16H,4-5,14-15H2,1-3H3. The summed E-state index contributed by atoms with van der Waals surface area (Å²) in [6, 6.07) is 13.8. The first-order chi connectivity index (χ1) is 14.5. The number of rotatable bonds is 8. The number of hydrogen-bond acceptors (Lipinski definition) is 4. The molecule has 3 rings (SSSR count). The number of aromatic nitrogens is 2. The van der Waals surface area contributed by atoms with Crippen molar-refractivity contribution in [2.24, 2.45) is 0 Å². The molecule has 0 aliphatic rings. The van der Waals surface area contributed by atoms with E-state index in [1.807, 2.05) is 39.0 Å². The number of benzene rings is 2. The second-order valence-electron chi connectivity index (χ2n) is 7.04. The van der Waals surface area contributed by atoms with Gasteiger partial charge in [0.25, 0.3) is 11.5 Å². The molecule has 2 aromatic carbocycles. The van der Waals surface area contributed by atoms with Gasteiger partial charge in [-0.3, -0.25) is 14.2 Å². The van der Waals surface area contributed by atoms with E-state index in [9.17, 15) is 9.59 Å². The van der Waals surface area contributed by atoms with Gasteiger partial charge in [0.05, 0.1) is 16.9 Å².